The first kappa shape index (κ1) is 19.5. The first-order valence-corrected chi connectivity index (χ1v) is 9.09. The Labute approximate surface area is 156 Å². The molecule has 1 aliphatic heterocycles. The minimum absolute atomic E-state index is 0.0119. The Bertz CT molecular complexity index is 806. The van der Waals surface area contributed by atoms with Gasteiger partial charge < -0.3 is 9.47 Å². The summed E-state index contributed by atoms with van der Waals surface area (Å²) in [6.07, 6.45) is -0.787. The standard InChI is InChI=1S/C21H21F3O3/c1-14-15(5-4-6-19(14)25)8-9-16-10-11-17(13-18(16)21(22,23)24)27-20-7-2-3-12-26-20/h10-11,13,20H,2-7,12H2,1H3. The number of ether oxygens (including phenoxy) is 2. The summed E-state index contributed by atoms with van der Waals surface area (Å²) in [7, 11) is 0. The van der Waals surface area contributed by atoms with Crippen molar-refractivity contribution in [3.63, 3.8) is 0 Å². The smallest absolute Gasteiger partial charge is 0.417 e. The van der Waals surface area contributed by atoms with Gasteiger partial charge in [0.15, 0.2) is 12.1 Å². The van der Waals surface area contributed by atoms with E-state index in [-0.39, 0.29) is 17.1 Å². The first-order valence-electron chi connectivity index (χ1n) is 9.09. The molecule has 3 rings (SSSR count). The summed E-state index contributed by atoms with van der Waals surface area (Å²) in [6.45, 7) is 2.23. The molecule has 1 aromatic carbocycles. The largest absolute Gasteiger partial charge is 0.465 e. The van der Waals surface area contributed by atoms with E-state index in [9.17, 15) is 18.0 Å². The molecule has 1 aliphatic carbocycles. The number of halogens is 3. The molecule has 6 heteroatoms. The van der Waals surface area contributed by atoms with E-state index in [1.807, 2.05) is 0 Å². The van der Waals surface area contributed by atoms with Crippen LogP contribution in [0.25, 0.3) is 0 Å². The molecule has 0 saturated carbocycles. The van der Waals surface area contributed by atoms with Gasteiger partial charge in [-0.05, 0) is 50.8 Å². The lowest BCUT2D eigenvalue weighted by molar-refractivity contribution is -0.138. The monoisotopic (exact) mass is 378 g/mol. The van der Waals surface area contributed by atoms with Gasteiger partial charge in [-0.3, -0.25) is 4.79 Å². The van der Waals surface area contributed by atoms with Gasteiger partial charge in [-0.15, -0.1) is 0 Å². The second kappa shape index (κ2) is 8.18. The summed E-state index contributed by atoms with van der Waals surface area (Å²) < 4.78 is 51.4. The zero-order valence-electron chi connectivity index (χ0n) is 15.1. The number of carbonyl (C=O) groups is 1. The number of rotatable bonds is 2. The van der Waals surface area contributed by atoms with E-state index in [1.165, 1.54) is 12.1 Å². The van der Waals surface area contributed by atoms with Crippen molar-refractivity contribution in [2.24, 2.45) is 0 Å². The van der Waals surface area contributed by atoms with Crippen LogP contribution < -0.4 is 4.74 Å². The van der Waals surface area contributed by atoms with Gasteiger partial charge >= 0.3 is 6.18 Å². The molecule has 0 bridgehead atoms. The van der Waals surface area contributed by atoms with Crippen molar-refractivity contribution in [2.75, 3.05) is 6.61 Å². The molecule has 0 spiro atoms. The fraction of sp³-hybridized carbons (Fsp3) is 0.476. The number of carbonyl (C=O) groups excluding carboxylic acids is 1. The number of benzene rings is 1. The zero-order chi connectivity index (χ0) is 19.4. The third-order valence-electron chi connectivity index (χ3n) is 4.75. The summed E-state index contributed by atoms with van der Waals surface area (Å²) in [6, 6.07) is 3.76. The number of Topliss-reactive ketones (excluding diaryl/α,β-unsaturated/α-hetero) is 1. The predicted octanol–water partition coefficient (Wildman–Crippen LogP) is 5.03. The normalized spacial score (nSPS) is 20.9. The highest BCUT2D eigenvalue weighted by Gasteiger charge is 2.34. The van der Waals surface area contributed by atoms with Crippen LogP contribution in [0.2, 0.25) is 0 Å². The van der Waals surface area contributed by atoms with E-state index in [2.05, 4.69) is 11.8 Å². The highest BCUT2D eigenvalue weighted by Crippen LogP contribution is 2.35. The fourth-order valence-corrected chi connectivity index (χ4v) is 3.16. The van der Waals surface area contributed by atoms with E-state index < -0.39 is 18.0 Å². The second-order valence-corrected chi connectivity index (χ2v) is 6.75. The molecule has 1 unspecified atom stereocenters. The van der Waals surface area contributed by atoms with Crippen LogP contribution in [0.4, 0.5) is 13.2 Å². The molecular weight excluding hydrogens is 357 g/mol. The van der Waals surface area contributed by atoms with E-state index in [4.69, 9.17) is 9.47 Å². The molecule has 1 aromatic rings. The lowest BCUT2D eigenvalue weighted by atomic mass is 9.92. The van der Waals surface area contributed by atoms with E-state index >= 15 is 0 Å². The quantitative estimate of drug-likeness (QED) is 0.677. The average molecular weight is 378 g/mol. The summed E-state index contributed by atoms with van der Waals surface area (Å²) >= 11 is 0. The number of hydrogen-bond acceptors (Lipinski definition) is 3. The maximum atomic E-state index is 13.5. The molecule has 27 heavy (non-hydrogen) atoms. The van der Waals surface area contributed by atoms with Crippen LogP contribution in [0.3, 0.4) is 0 Å². The van der Waals surface area contributed by atoms with Crippen LogP contribution in [0.1, 0.15) is 56.6 Å². The number of hydrogen-bond donors (Lipinski definition) is 0. The van der Waals surface area contributed by atoms with Gasteiger partial charge in [0.25, 0.3) is 0 Å². The molecule has 0 radical (unpaired) electrons. The number of allylic oxidation sites excluding steroid dienone is 2. The fourth-order valence-electron chi connectivity index (χ4n) is 3.16. The van der Waals surface area contributed by atoms with Crippen molar-refractivity contribution < 1.29 is 27.4 Å². The minimum atomic E-state index is -4.55. The van der Waals surface area contributed by atoms with E-state index in [0.29, 0.717) is 43.4 Å². The third-order valence-corrected chi connectivity index (χ3v) is 4.75. The molecule has 0 N–H and O–H groups in total. The molecule has 0 aromatic heterocycles. The summed E-state index contributed by atoms with van der Waals surface area (Å²) in [5, 5.41) is 0. The van der Waals surface area contributed by atoms with Crippen LogP contribution >= 0.6 is 0 Å². The maximum absolute atomic E-state index is 13.5. The molecule has 2 aliphatic rings. The van der Waals surface area contributed by atoms with Gasteiger partial charge in [0, 0.05) is 29.6 Å². The van der Waals surface area contributed by atoms with Crippen molar-refractivity contribution in [1.29, 1.82) is 0 Å². The summed E-state index contributed by atoms with van der Waals surface area (Å²) in [5.41, 5.74) is 0.202. The lowest BCUT2D eigenvalue weighted by Crippen LogP contribution is -2.25. The van der Waals surface area contributed by atoms with E-state index in [1.54, 1.807) is 6.92 Å². The number of ketones is 1. The van der Waals surface area contributed by atoms with Crippen molar-refractivity contribution in [3.05, 3.63) is 40.5 Å². The van der Waals surface area contributed by atoms with Gasteiger partial charge in [0.05, 0.1) is 12.2 Å². The van der Waals surface area contributed by atoms with Crippen molar-refractivity contribution >= 4 is 5.78 Å². The van der Waals surface area contributed by atoms with Crippen LogP contribution in [0, 0.1) is 11.8 Å². The topological polar surface area (TPSA) is 35.5 Å². The molecule has 0 amide bonds. The Hall–Kier alpha value is -2.26. The first-order chi connectivity index (χ1) is 12.8. The Morgan fingerprint density at radius 3 is 2.67 bits per heavy atom. The Morgan fingerprint density at radius 1 is 1.15 bits per heavy atom. The van der Waals surface area contributed by atoms with Crippen molar-refractivity contribution in [1.82, 2.24) is 0 Å². The summed E-state index contributed by atoms with van der Waals surface area (Å²) in [4.78, 5) is 11.7. The molecular formula is C21H21F3O3. The van der Waals surface area contributed by atoms with Crippen molar-refractivity contribution in [2.45, 2.75) is 57.9 Å². The Morgan fingerprint density at radius 2 is 1.96 bits per heavy atom. The molecule has 144 valence electrons. The Balaban J connectivity index is 1.88. The van der Waals surface area contributed by atoms with Crippen LogP contribution in [0.15, 0.2) is 29.3 Å². The SMILES string of the molecule is CC1=C(C#Cc2ccc(OC3CCCCO3)cc2C(F)(F)F)CCCC1=O. The summed E-state index contributed by atoms with van der Waals surface area (Å²) in [5.74, 6) is 5.50. The second-order valence-electron chi connectivity index (χ2n) is 6.75. The van der Waals surface area contributed by atoms with Gasteiger partial charge in [-0.25, -0.2) is 0 Å². The van der Waals surface area contributed by atoms with Gasteiger partial charge in [0.2, 0.25) is 0 Å². The van der Waals surface area contributed by atoms with Crippen molar-refractivity contribution in [3.8, 4) is 17.6 Å². The lowest BCUT2D eigenvalue weighted by Gasteiger charge is -2.24. The maximum Gasteiger partial charge on any atom is 0.417 e. The van der Waals surface area contributed by atoms with Crippen LogP contribution in [-0.2, 0) is 15.7 Å². The highest BCUT2D eigenvalue weighted by atomic mass is 19.4. The minimum Gasteiger partial charge on any atom is -0.465 e. The average Bonchev–Trinajstić information content (AvgIpc) is 2.64. The van der Waals surface area contributed by atoms with Crippen LogP contribution in [-0.4, -0.2) is 18.7 Å². The van der Waals surface area contributed by atoms with Crippen LogP contribution in [0.5, 0.6) is 5.75 Å². The molecule has 1 atom stereocenters. The van der Waals surface area contributed by atoms with Gasteiger partial charge in [0.1, 0.15) is 5.75 Å². The zero-order valence-corrected chi connectivity index (χ0v) is 15.1. The Kier molecular flexibility index (Phi) is 5.91. The van der Waals surface area contributed by atoms with Gasteiger partial charge in [-0.2, -0.15) is 13.2 Å². The molecule has 1 heterocycles. The molecule has 3 nitrogen and oxygen atoms in total. The van der Waals surface area contributed by atoms with Gasteiger partial charge in [-0.1, -0.05) is 11.8 Å². The highest BCUT2D eigenvalue weighted by molar-refractivity contribution is 5.97. The molecule has 1 fully saturated rings. The van der Waals surface area contributed by atoms with E-state index in [0.717, 1.165) is 18.9 Å². The predicted molar refractivity (Wildman–Crippen MR) is 94.1 cm³/mol. The third kappa shape index (κ3) is 4.92. The molecule has 1 saturated heterocycles. The number of alkyl halides is 3.